The Morgan fingerprint density at radius 2 is 1.71 bits per heavy atom. The Bertz CT molecular complexity index is 278. The van der Waals surface area contributed by atoms with E-state index in [1.165, 1.54) is 45.4 Å². The summed E-state index contributed by atoms with van der Waals surface area (Å²) in [5.74, 6) is 2.43. The van der Waals surface area contributed by atoms with Gasteiger partial charge in [0, 0.05) is 25.7 Å². The lowest BCUT2D eigenvalue weighted by molar-refractivity contribution is 0.104. The molecule has 0 aromatic carbocycles. The monoisotopic (exact) mass is 296 g/mol. The normalized spacial score (nSPS) is 25.0. The first-order valence-corrected chi connectivity index (χ1v) is 9.11. The van der Waals surface area contributed by atoms with Crippen LogP contribution >= 0.6 is 0 Å². The number of hydrogen-bond donors (Lipinski definition) is 1. The highest BCUT2D eigenvalue weighted by atomic mass is 15.2. The topological polar surface area (TPSA) is 15.3 Å². The fourth-order valence-corrected chi connectivity index (χ4v) is 3.71. The van der Waals surface area contributed by atoms with Crippen LogP contribution in [0.5, 0.6) is 0 Å². The SMILES string of the molecule is CC(C)CCNC1CC(CC(C)(C)C)CN(CC(C)C)C1. The van der Waals surface area contributed by atoms with Crippen molar-refractivity contribution in [2.24, 2.45) is 23.2 Å². The second kappa shape index (κ2) is 8.53. The molecule has 2 nitrogen and oxygen atoms in total. The standard InChI is InChI=1S/C19H40N2/c1-15(2)8-9-20-18-10-17(11-19(5,6)7)13-21(14-18)12-16(3)4/h15-18,20H,8-14H2,1-7H3. The lowest BCUT2D eigenvalue weighted by atomic mass is 9.80. The van der Waals surface area contributed by atoms with Gasteiger partial charge in [0.25, 0.3) is 0 Å². The smallest absolute Gasteiger partial charge is 0.0198 e. The molecule has 1 aliphatic heterocycles. The molecular weight excluding hydrogens is 256 g/mol. The van der Waals surface area contributed by atoms with Crippen LogP contribution in [-0.4, -0.2) is 37.1 Å². The zero-order chi connectivity index (χ0) is 16.0. The quantitative estimate of drug-likeness (QED) is 0.749. The predicted molar refractivity (Wildman–Crippen MR) is 94.7 cm³/mol. The van der Waals surface area contributed by atoms with Crippen molar-refractivity contribution >= 4 is 0 Å². The van der Waals surface area contributed by atoms with Crippen molar-refractivity contribution in [2.45, 2.75) is 73.8 Å². The predicted octanol–water partition coefficient (Wildman–Crippen LogP) is 4.40. The third kappa shape index (κ3) is 8.83. The van der Waals surface area contributed by atoms with Gasteiger partial charge in [-0.3, -0.25) is 0 Å². The average molecular weight is 297 g/mol. The summed E-state index contributed by atoms with van der Waals surface area (Å²) in [4.78, 5) is 2.71. The minimum atomic E-state index is 0.452. The van der Waals surface area contributed by atoms with Crippen LogP contribution in [-0.2, 0) is 0 Å². The van der Waals surface area contributed by atoms with E-state index in [4.69, 9.17) is 0 Å². The molecule has 0 radical (unpaired) electrons. The Labute approximate surface area is 134 Å². The van der Waals surface area contributed by atoms with E-state index in [-0.39, 0.29) is 0 Å². The van der Waals surface area contributed by atoms with E-state index in [1.54, 1.807) is 0 Å². The molecule has 0 spiro atoms. The van der Waals surface area contributed by atoms with Crippen LogP contribution in [0.3, 0.4) is 0 Å². The third-order valence-corrected chi connectivity index (χ3v) is 4.29. The van der Waals surface area contributed by atoms with Crippen molar-refractivity contribution in [1.82, 2.24) is 10.2 Å². The molecule has 1 fully saturated rings. The number of hydrogen-bond acceptors (Lipinski definition) is 2. The zero-order valence-electron chi connectivity index (χ0n) is 15.7. The molecule has 1 aliphatic rings. The van der Waals surface area contributed by atoms with E-state index >= 15 is 0 Å². The van der Waals surface area contributed by atoms with Gasteiger partial charge in [-0.2, -0.15) is 0 Å². The molecule has 0 aliphatic carbocycles. The Hall–Kier alpha value is -0.0800. The van der Waals surface area contributed by atoms with Gasteiger partial charge < -0.3 is 10.2 Å². The molecule has 0 aromatic rings. The van der Waals surface area contributed by atoms with Crippen LogP contribution in [0, 0.1) is 23.2 Å². The first-order chi connectivity index (χ1) is 9.65. The summed E-state index contributed by atoms with van der Waals surface area (Å²) in [5.41, 5.74) is 0.452. The van der Waals surface area contributed by atoms with Crippen LogP contribution in [0.2, 0.25) is 0 Å². The molecule has 1 heterocycles. The molecule has 2 atom stereocenters. The molecule has 0 bridgehead atoms. The van der Waals surface area contributed by atoms with Crippen molar-refractivity contribution in [2.75, 3.05) is 26.2 Å². The van der Waals surface area contributed by atoms with Crippen LogP contribution in [0.4, 0.5) is 0 Å². The molecule has 2 heteroatoms. The first-order valence-electron chi connectivity index (χ1n) is 9.11. The summed E-state index contributed by atoms with van der Waals surface area (Å²) in [6.45, 7) is 21.5. The fraction of sp³-hybridized carbons (Fsp3) is 1.00. The minimum absolute atomic E-state index is 0.452. The molecule has 126 valence electrons. The summed E-state index contributed by atoms with van der Waals surface area (Å²) in [6.07, 6.45) is 4.01. The van der Waals surface area contributed by atoms with E-state index in [9.17, 15) is 0 Å². The van der Waals surface area contributed by atoms with E-state index in [1.807, 2.05) is 0 Å². The molecule has 1 rings (SSSR count). The average Bonchev–Trinajstić information content (AvgIpc) is 2.24. The van der Waals surface area contributed by atoms with Gasteiger partial charge in [0.2, 0.25) is 0 Å². The Kier molecular flexibility index (Phi) is 7.70. The van der Waals surface area contributed by atoms with E-state index < -0.39 is 0 Å². The molecular formula is C19H40N2. The molecule has 0 saturated carbocycles. The highest BCUT2D eigenvalue weighted by Gasteiger charge is 2.29. The third-order valence-electron chi connectivity index (χ3n) is 4.29. The Morgan fingerprint density at radius 3 is 2.24 bits per heavy atom. The zero-order valence-corrected chi connectivity index (χ0v) is 15.7. The number of nitrogens with one attached hydrogen (secondary N) is 1. The maximum atomic E-state index is 3.83. The van der Waals surface area contributed by atoms with Crippen LogP contribution in [0.25, 0.3) is 0 Å². The summed E-state index contributed by atoms with van der Waals surface area (Å²) in [7, 11) is 0. The van der Waals surface area contributed by atoms with Gasteiger partial charge in [-0.25, -0.2) is 0 Å². The summed E-state index contributed by atoms with van der Waals surface area (Å²) in [6, 6.07) is 0.698. The minimum Gasteiger partial charge on any atom is -0.313 e. The number of likely N-dealkylation sites (tertiary alicyclic amines) is 1. The van der Waals surface area contributed by atoms with Crippen molar-refractivity contribution in [3.63, 3.8) is 0 Å². The van der Waals surface area contributed by atoms with Gasteiger partial charge in [0.1, 0.15) is 0 Å². The summed E-state index contributed by atoms with van der Waals surface area (Å²) >= 11 is 0. The van der Waals surface area contributed by atoms with Crippen LogP contribution in [0.15, 0.2) is 0 Å². The molecule has 2 unspecified atom stereocenters. The number of piperidine rings is 1. The summed E-state index contributed by atoms with van der Waals surface area (Å²) < 4.78 is 0. The van der Waals surface area contributed by atoms with Crippen molar-refractivity contribution in [3.8, 4) is 0 Å². The van der Waals surface area contributed by atoms with E-state index in [0.29, 0.717) is 11.5 Å². The maximum Gasteiger partial charge on any atom is 0.0198 e. The van der Waals surface area contributed by atoms with Crippen molar-refractivity contribution < 1.29 is 0 Å². The van der Waals surface area contributed by atoms with Gasteiger partial charge in [-0.1, -0.05) is 48.5 Å². The molecule has 0 aromatic heterocycles. The van der Waals surface area contributed by atoms with Gasteiger partial charge in [-0.05, 0) is 49.0 Å². The summed E-state index contributed by atoms with van der Waals surface area (Å²) in [5, 5.41) is 3.83. The molecule has 0 amide bonds. The van der Waals surface area contributed by atoms with E-state index in [0.717, 1.165) is 17.8 Å². The molecule has 21 heavy (non-hydrogen) atoms. The second-order valence-corrected chi connectivity index (χ2v) is 9.31. The maximum absolute atomic E-state index is 3.83. The van der Waals surface area contributed by atoms with Gasteiger partial charge in [0.05, 0.1) is 0 Å². The highest BCUT2D eigenvalue weighted by Crippen LogP contribution is 2.30. The van der Waals surface area contributed by atoms with E-state index in [2.05, 4.69) is 58.7 Å². The lowest BCUT2D eigenvalue weighted by Gasteiger charge is -2.41. The molecule has 1 saturated heterocycles. The highest BCUT2D eigenvalue weighted by molar-refractivity contribution is 4.86. The molecule has 1 N–H and O–H groups in total. The second-order valence-electron chi connectivity index (χ2n) is 9.31. The Balaban J connectivity index is 2.52. The number of nitrogens with zero attached hydrogens (tertiary/aromatic N) is 1. The van der Waals surface area contributed by atoms with Crippen LogP contribution in [0.1, 0.15) is 67.7 Å². The fourth-order valence-electron chi connectivity index (χ4n) is 3.71. The van der Waals surface area contributed by atoms with Gasteiger partial charge in [-0.15, -0.1) is 0 Å². The lowest BCUT2D eigenvalue weighted by Crippen LogP contribution is -2.50. The first kappa shape index (κ1) is 19.0. The Morgan fingerprint density at radius 1 is 1.05 bits per heavy atom. The van der Waals surface area contributed by atoms with Crippen molar-refractivity contribution in [1.29, 1.82) is 0 Å². The largest absolute Gasteiger partial charge is 0.313 e. The van der Waals surface area contributed by atoms with Crippen LogP contribution < -0.4 is 5.32 Å². The van der Waals surface area contributed by atoms with Gasteiger partial charge >= 0.3 is 0 Å². The number of rotatable bonds is 7. The van der Waals surface area contributed by atoms with Crippen molar-refractivity contribution in [3.05, 3.63) is 0 Å². The van der Waals surface area contributed by atoms with Gasteiger partial charge in [0.15, 0.2) is 0 Å².